The van der Waals surface area contributed by atoms with Crippen molar-refractivity contribution in [2.75, 3.05) is 7.11 Å². The third-order valence-corrected chi connectivity index (χ3v) is 7.61. The normalized spacial score (nSPS) is 31.1. The molecule has 5 heteroatoms. The van der Waals surface area contributed by atoms with Gasteiger partial charge < -0.3 is 10.1 Å². The van der Waals surface area contributed by atoms with Crippen molar-refractivity contribution >= 4 is 17.2 Å². The summed E-state index contributed by atoms with van der Waals surface area (Å²) in [6.07, 6.45) is 8.15. The molecule has 4 nitrogen and oxygen atoms in total. The van der Waals surface area contributed by atoms with Crippen LogP contribution in [0.1, 0.15) is 44.2 Å². The van der Waals surface area contributed by atoms with Gasteiger partial charge in [0, 0.05) is 16.5 Å². The molecular formula is C22H26N2O2S. The average molecular weight is 383 g/mol. The smallest absolute Gasteiger partial charge is 0.226 e. The van der Waals surface area contributed by atoms with Gasteiger partial charge in [-0.05, 0) is 80.5 Å². The maximum atomic E-state index is 12.8. The Morgan fingerprint density at radius 2 is 1.78 bits per heavy atom. The van der Waals surface area contributed by atoms with E-state index in [9.17, 15) is 4.79 Å². The number of nitrogens with one attached hydrogen (secondary N) is 1. The van der Waals surface area contributed by atoms with E-state index in [1.165, 1.54) is 38.5 Å². The number of thiazole rings is 1. The lowest BCUT2D eigenvalue weighted by atomic mass is 9.53. The molecule has 1 heterocycles. The number of carbonyl (C=O) groups excluding carboxylic acids is 1. The average Bonchev–Trinajstić information content (AvgIpc) is 3.08. The Hall–Kier alpha value is -1.88. The Balaban J connectivity index is 1.24. The summed E-state index contributed by atoms with van der Waals surface area (Å²) >= 11 is 1.60. The number of methoxy groups -OCH3 is 1. The monoisotopic (exact) mass is 382 g/mol. The summed E-state index contributed by atoms with van der Waals surface area (Å²) < 4.78 is 5.21. The van der Waals surface area contributed by atoms with Crippen molar-refractivity contribution in [3.8, 4) is 16.3 Å². The van der Waals surface area contributed by atoms with E-state index < -0.39 is 0 Å². The molecule has 0 aliphatic heterocycles. The molecule has 4 fully saturated rings. The van der Waals surface area contributed by atoms with Crippen molar-refractivity contribution in [1.29, 1.82) is 0 Å². The van der Waals surface area contributed by atoms with Crippen molar-refractivity contribution in [2.24, 2.45) is 17.8 Å². The first kappa shape index (κ1) is 17.2. The van der Waals surface area contributed by atoms with Crippen LogP contribution in [0.15, 0.2) is 29.6 Å². The topological polar surface area (TPSA) is 51.2 Å². The second kappa shape index (κ2) is 6.62. The largest absolute Gasteiger partial charge is 0.497 e. The van der Waals surface area contributed by atoms with Gasteiger partial charge in [-0.15, -0.1) is 11.3 Å². The van der Waals surface area contributed by atoms with Crippen LogP contribution < -0.4 is 10.1 Å². The molecule has 0 saturated heterocycles. The van der Waals surface area contributed by atoms with Gasteiger partial charge in [-0.1, -0.05) is 0 Å². The van der Waals surface area contributed by atoms with Crippen molar-refractivity contribution in [3.63, 3.8) is 0 Å². The van der Waals surface area contributed by atoms with Gasteiger partial charge in [0.25, 0.3) is 0 Å². The molecule has 0 spiro atoms. The van der Waals surface area contributed by atoms with Crippen molar-refractivity contribution in [3.05, 3.63) is 35.3 Å². The van der Waals surface area contributed by atoms with Gasteiger partial charge >= 0.3 is 0 Å². The van der Waals surface area contributed by atoms with Crippen LogP contribution in [0.2, 0.25) is 0 Å². The van der Waals surface area contributed by atoms with Crippen LogP contribution in [0.25, 0.3) is 10.6 Å². The number of nitrogens with zero attached hydrogens (tertiary/aromatic N) is 1. The van der Waals surface area contributed by atoms with E-state index >= 15 is 0 Å². The maximum absolute atomic E-state index is 12.8. The lowest BCUT2D eigenvalue weighted by Crippen LogP contribution is -2.60. The second-order valence-electron chi connectivity index (χ2n) is 8.80. The van der Waals surface area contributed by atoms with Crippen LogP contribution in [-0.4, -0.2) is 23.5 Å². The molecule has 4 bridgehead atoms. The van der Waals surface area contributed by atoms with Crippen LogP contribution in [0.5, 0.6) is 5.75 Å². The van der Waals surface area contributed by atoms with E-state index in [1.54, 1.807) is 18.4 Å². The molecule has 0 radical (unpaired) electrons. The highest BCUT2D eigenvalue weighted by Crippen LogP contribution is 2.55. The molecule has 1 amide bonds. The minimum Gasteiger partial charge on any atom is -0.497 e. The number of aromatic nitrogens is 1. The van der Waals surface area contributed by atoms with Crippen molar-refractivity contribution < 1.29 is 9.53 Å². The standard InChI is InChI=1S/C22H26N2O2S/c1-26-19-4-2-17(3-5-19)21-23-18(13-27-21)9-20(25)24-22-10-14-6-15(11-22)8-16(7-14)12-22/h2-5,13-16H,6-12H2,1H3,(H,24,25). The number of carbonyl (C=O) groups is 1. The summed E-state index contributed by atoms with van der Waals surface area (Å²) in [4.78, 5) is 17.5. The number of hydrogen-bond acceptors (Lipinski definition) is 4. The Morgan fingerprint density at radius 3 is 2.37 bits per heavy atom. The molecular weight excluding hydrogens is 356 g/mol. The molecule has 1 N–H and O–H groups in total. The Bertz CT molecular complexity index is 807. The Morgan fingerprint density at radius 1 is 1.15 bits per heavy atom. The summed E-state index contributed by atoms with van der Waals surface area (Å²) in [6, 6.07) is 7.90. The van der Waals surface area contributed by atoms with E-state index in [0.29, 0.717) is 6.42 Å². The molecule has 0 atom stereocenters. The number of benzene rings is 1. The van der Waals surface area contributed by atoms with Gasteiger partial charge in [0.1, 0.15) is 10.8 Å². The summed E-state index contributed by atoms with van der Waals surface area (Å²) in [6.45, 7) is 0. The highest BCUT2D eigenvalue weighted by molar-refractivity contribution is 7.13. The van der Waals surface area contributed by atoms with Crippen LogP contribution in [0.4, 0.5) is 0 Å². The molecule has 142 valence electrons. The van der Waals surface area contributed by atoms with E-state index in [1.807, 2.05) is 29.6 Å². The van der Waals surface area contributed by atoms with Crippen molar-refractivity contribution in [1.82, 2.24) is 10.3 Å². The highest BCUT2D eigenvalue weighted by Gasteiger charge is 2.51. The van der Waals surface area contributed by atoms with Crippen LogP contribution in [0, 0.1) is 17.8 Å². The minimum absolute atomic E-state index is 0.0840. The molecule has 2 aromatic rings. The fourth-order valence-electron chi connectivity index (χ4n) is 6.02. The Labute approximate surface area is 164 Å². The quantitative estimate of drug-likeness (QED) is 0.831. The summed E-state index contributed by atoms with van der Waals surface area (Å²) in [5, 5.41) is 6.41. The second-order valence-corrected chi connectivity index (χ2v) is 9.65. The molecule has 1 aromatic carbocycles. The van der Waals surface area contributed by atoms with E-state index in [0.717, 1.165) is 39.8 Å². The summed E-state index contributed by atoms with van der Waals surface area (Å²) in [5.74, 6) is 3.52. The van der Waals surface area contributed by atoms with E-state index in [4.69, 9.17) is 4.74 Å². The predicted octanol–water partition coefficient (Wildman–Crippen LogP) is 4.45. The number of hydrogen-bond donors (Lipinski definition) is 1. The van der Waals surface area contributed by atoms with Crippen LogP contribution >= 0.6 is 11.3 Å². The first-order valence-corrected chi connectivity index (χ1v) is 10.9. The first-order chi connectivity index (χ1) is 13.1. The van der Waals surface area contributed by atoms with Crippen LogP contribution in [0.3, 0.4) is 0 Å². The predicted molar refractivity (Wildman–Crippen MR) is 107 cm³/mol. The molecule has 0 unspecified atom stereocenters. The first-order valence-electron chi connectivity index (χ1n) is 10.0. The zero-order valence-corrected chi connectivity index (χ0v) is 16.6. The molecule has 1 aromatic heterocycles. The number of rotatable bonds is 5. The summed E-state index contributed by atoms with van der Waals surface area (Å²) in [5.41, 5.74) is 2.02. The van der Waals surface area contributed by atoms with Gasteiger partial charge in [0.05, 0.1) is 19.2 Å². The van der Waals surface area contributed by atoms with E-state index in [2.05, 4.69) is 10.3 Å². The fourth-order valence-corrected chi connectivity index (χ4v) is 6.85. The molecule has 4 aliphatic rings. The van der Waals surface area contributed by atoms with Gasteiger partial charge in [-0.3, -0.25) is 4.79 Å². The summed E-state index contributed by atoms with van der Waals surface area (Å²) in [7, 11) is 1.67. The Kier molecular flexibility index (Phi) is 4.23. The minimum atomic E-state index is 0.0840. The maximum Gasteiger partial charge on any atom is 0.226 e. The SMILES string of the molecule is COc1ccc(-c2nc(CC(=O)NC34CC5CC(CC(C5)C3)C4)cs2)cc1. The number of ether oxygens (including phenoxy) is 1. The lowest BCUT2D eigenvalue weighted by molar-refractivity contribution is -0.126. The third kappa shape index (κ3) is 3.38. The van der Waals surface area contributed by atoms with Gasteiger partial charge in [0.2, 0.25) is 5.91 Å². The third-order valence-electron chi connectivity index (χ3n) is 6.67. The number of amides is 1. The van der Waals surface area contributed by atoms with Gasteiger partial charge in [0.15, 0.2) is 0 Å². The zero-order valence-electron chi connectivity index (χ0n) is 15.7. The zero-order chi connectivity index (χ0) is 18.4. The molecule has 27 heavy (non-hydrogen) atoms. The highest BCUT2D eigenvalue weighted by atomic mass is 32.1. The molecule has 4 aliphatic carbocycles. The van der Waals surface area contributed by atoms with Gasteiger partial charge in [-0.25, -0.2) is 4.98 Å². The molecule has 4 saturated carbocycles. The van der Waals surface area contributed by atoms with E-state index in [-0.39, 0.29) is 11.4 Å². The van der Waals surface area contributed by atoms with Crippen molar-refractivity contribution in [2.45, 2.75) is 50.5 Å². The lowest BCUT2D eigenvalue weighted by Gasteiger charge is -2.56. The fraction of sp³-hybridized carbons (Fsp3) is 0.545. The molecule has 6 rings (SSSR count). The van der Waals surface area contributed by atoms with Crippen LogP contribution in [-0.2, 0) is 11.2 Å². The van der Waals surface area contributed by atoms with Gasteiger partial charge in [-0.2, -0.15) is 0 Å².